The lowest BCUT2D eigenvalue weighted by atomic mass is 10.1. The fourth-order valence-electron chi connectivity index (χ4n) is 2.80. The number of hydrogen-bond acceptors (Lipinski definition) is 3. The second-order valence-electron chi connectivity index (χ2n) is 5.96. The zero-order valence-electron chi connectivity index (χ0n) is 14.0. The molecule has 3 aromatic rings. The van der Waals surface area contributed by atoms with Gasteiger partial charge in [-0.3, -0.25) is 0 Å². The predicted molar refractivity (Wildman–Crippen MR) is 96.7 cm³/mol. The highest BCUT2D eigenvalue weighted by atomic mass is 32.2. The number of aryl methyl sites for hydroxylation is 3. The summed E-state index contributed by atoms with van der Waals surface area (Å²) in [6.07, 6.45) is 0. The standard InChI is InChI=1S/C19H21N3S/c1-13-9-14(2)11-16(10-13)12-23-19-21-20-18(22(19)4)17-8-6-5-7-15(17)3/h5-11H,12H2,1-4H3. The molecule has 0 aliphatic carbocycles. The molecule has 0 spiro atoms. The molecule has 0 saturated carbocycles. The van der Waals surface area contributed by atoms with Gasteiger partial charge < -0.3 is 4.57 Å². The van der Waals surface area contributed by atoms with Crippen LogP contribution in [0.4, 0.5) is 0 Å². The second-order valence-corrected chi connectivity index (χ2v) is 6.91. The van der Waals surface area contributed by atoms with Crippen LogP contribution in [0, 0.1) is 20.8 Å². The zero-order valence-corrected chi connectivity index (χ0v) is 14.8. The van der Waals surface area contributed by atoms with E-state index in [0.29, 0.717) is 0 Å². The Morgan fingerprint density at radius 2 is 1.65 bits per heavy atom. The minimum Gasteiger partial charge on any atom is -0.305 e. The highest BCUT2D eigenvalue weighted by molar-refractivity contribution is 7.98. The van der Waals surface area contributed by atoms with Gasteiger partial charge in [-0.2, -0.15) is 0 Å². The maximum Gasteiger partial charge on any atom is 0.191 e. The van der Waals surface area contributed by atoms with Gasteiger partial charge in [-0.25, -0.2) is 0 Å². The molecule has 0 atom stereocenters. The number of hydrogen-bond donors (Lipinski definition) is 0. The van der Waals surface area contributed by atoms with Crippen molar-refractivity contribution in [3.63, 3.8) is 0 Å². The maximum atomic E-state index is 4.39. The topological polar surface area (TPSA) is 30.7 Å². The summed E-state index contributed by atoms with van der Waals surface area (Å²) in [5.74, 6) is 1.83. The van der Waals surface area contributed by atoms with Gasteiger partial charge in [0.15, 0.2) is 11.0 Å². The van der Waals surface area contributed by atoms with Crippen LogP contribution in [0.2, 0.25) is 0 Å². The average Bonchev–Trinajstić information content (AvgIpc) is 2.86. The van der Waals surface area contributed by atoms with Gasteiger partial charge in [0.25, 0.3) is 0 Å². The van der Waals surface area contributed by atoms with Crippen LogP contribution in [0.3, 0.4) is 0 Å². The van der Waals surface area contributed by atoms with Gasteiger partial charge in [0.05, 0.1) is 0 Å². The number of nitrogens with zero attached hydrogens (tertiary/aromatic N) is 3. The molecule has 0 aliphatic heterocycles. The van der Waals surface area contributed by atoms with Gasteiger partial charge in [0.1, 0.15) is 0 Å². The van der Waals surface area contributed by atoms with Gasteiger partial charge in [-0.15, -0.1) is 10.2 Å². The summed E-state index contributed by atoms with van der Waals surface area (Å²) in [5.41, 5.74) is 6.29. The van der Waals surface area contributed by atoms with Gasteiger partial charge >= 0.3 is 0 Å². The quantitative estimate of drug-likeness (QED) is 0.652. The summed E-state index contributed by atoms with van der Waals surface area (Å²) in [6, 6.07) is 15.0. The minimum atomic E-state index is 0.905. The first-order chi connectivity index (χ1) is 11.0. The first kappa shape index (κ1) is 15.8. The molecule has 0 bridgehead atoms. The third-order valence-electron chi connectivity index (χ3n) is 3.87. The molecule has 0 fully saturated rings. The third kappa shape index (κ3) is 3.48. The molecule has 1 aromatic heterocycles. The Morgan fingerprint density at radius 1 is 0.957 bits per heavy atom. The lowest BCUT2D eigenvalue weighted by Crippen LogP contribution is -1.96. The average molecular weight is 323 g/mol. The van der Waals surface area contributed by atoms with Crippen molar-refractivity contribution in [1.82, 2.24) is 14.8 Å². The minimum absolute atomic E-state index is 0.905. The lowest BCUT2D eigenvalue weighted by molar-refractivity contribution is 0.793. The van der Waals surface area contributed by atoms with Crippen LogP contribution in [0.1, 0.15) is 22.3 Å². The molecule has 1 heterocycles. The zero-order chi connectivity index (χ0) is 16.4. The number of thioether (sulfide) groups is 1. The summed E-state index contributed by atoms with van der Waals surface area (Å²) in [5, 5.41) is 9.70. The van der Waals surface area contributed by atoms with Crippen molar-refractivity contribution in [3.8, 4) is 11.4 Å². The molecule has 0 aliphatic rings. The Hall–Kier alpha value is -2.07. The SMILES string of the molecule is Cc1cc(C)cc(CSc2nnc(-c3ccccc3C)n2C)c1. The highest BCUT2D eigenvalue weighted by Crippen LogP contribution is 2.27. The molecular formula is C19H21N3S. The molecule has 3 rings (SSSR count). The van der Waals surface area contributed by atoms with Crippen molar-refractivity contribution in [1.29, 1.82) is 0 Å². The Bertz CT molecular complexity index is 816. The van der Waals surface area contributed by atoms with Crippen molar-refractivity contribution < 1.29 is 0 Å². The molecular weight excluding hydrogens is 302 g/mol. The summed E-state index contributed by atoms with van der Waals surface area (Å²) in [6.45, 7) is 6.38. The van der Waals surface area contributed by atoms with Crippen LogP contribution >= 0.6 is 11.8 Å². The molecule has 0 unspecified atom stereocenters. The molecule has 4 heteroatoms. The molecule has 0 radical (unpaired) electrons. The van der Waals surface area contributed by atoms with Crippen molar-refractivity contribution >= 4 is 11.8 Å². The van der Waals surface area contributed by atoms with Crippen LogP contribution in [0.25, 0.3) is 11.4 Å². The van der Waals surface area contributed by atoms with Gasteiger partial charge in [-0.05, 0) is 31.9 Å². The van der Waals surface area contributed by atoms with E-state index in [1.165, 1.54) is 22.3 Å². The van der Waals surface area contributed by atoms with E-state index >= 15 is 0 Å². The van der Waals surface area contributed by atoms with E-state index in [9.17, 15) is 0 Å². The Labute approximate surface area is 141 Å². The van der Waals surface area contributed by atoms with Crippen LogP contribution < -0.4 is 0 Å². The van der Waals surface area contributed by atoms with E-state index in [2.05, 4.69) is 65.9 Å². The molecule has 0 amide bonds. The Morgan fingerprint density at radius 3 is 2.35 bits per heavy atom. The van der Waals surface area contributed by atoms with E-state index in [0.717, 1.165) is 22.3 Å². The molecule has 118 valence electrons. The first-order valence-electron chi connectivity index (χ1n) is 7.70. The van der Waals surface area contributed by atoms with Crippen LogP contribution in [0.15, 0.2) is 47.6 Å². The summed E-state index contributed by atoms with van der Waals surface area (Å²) < 4.78 is 2.08. The van der Waals surface area contributed by atoms with Gasteiger partial charge in [-0.1, -0.05) is 65.4 Å². The van der Waals surface area contributed by atoms with Crippen molar-refractivity contribution in [3.05, 3.63) is 64.7 Å². The number of rotatable bonds is 4. The summed E-state index contributed by atoms with van der Waals surface area (Å²) in [7, 11) is 2.03. The van der Waals surface area contributed by atoms with E-state index < -0.39 is 0 Å². The fraction of sp³-hybridized carbons (Fsp3) is 0.263. The summed E-state index contributed by atoms with van der Waals surface area (Å²) in [4.78, 5) is 0. The normalized spacial score (nSPS) is 11.0. The predicted octanol–water partition coefficient (Wildman–Crippen LogP) is 4.70. The van der Waals surface area contributed by atoms with E-state index in [-0.39, 0.29) is 0 Å². The van der Waals surface area contributed by atoms with Crippen LogP contribution in [-0.2, 0) is 12.8 Å². The number of benzene rings is 2. The Balaban J connectivity index is 1.81. The highest BCUT2D eigenvalue weighted by Gasteiger charge is 2.12. The largest absolute Gasteiger partial charge is 0.305 e. The molecule has 2 aromatic carbocycles. The van der Waals surface area contributed by atoms with E-state index in [1.54, 1.807) is 11.8 Å². The van der Waals surface area contributed by atoms with E-state index in [1.807, 2.05) is 19.2 Å². The third-order valence-corrected chi connectivity index (χ3v) is 4.96. The van der Waals surface area contributed by atoms with Crippen molar-refractivity contribution in [2.24, 2.45) is 7.05 Å². The fourth-order valence-corrected chi connectivity index (χ4v) is 3.64. The second kappa shape index (κ2) is 6.59. The smallest absolute Gasteiger partial charge is 0.191 e. The van der Waals surface area contributed by atoms with Crippen LogP contribution in [-0.4, -0.2) is 14.8 Å². The number of aromatic nitrogens is 3. The summed E-state index contributed by atoms with van der Waals surface area (Å²) >= 11 is 1.73. The van der Waals surface area contributed by atoms with Crippen molar-refractivity contribution in [2.45, 2.75) is 31.7 Å². The van der Waals surface area contributed by atoms with Crippen LogP contribution in [0.5, 0.6) is 0 Å². The monoisotopic (exact) mass is 323 g/mol. The van der Waals surface area contributed by atoms with Gasteiger partial charge in [0, 0.05) is 18.4 Å². The first-order valence-corrected chi connectivity index (χ1v) is 8.68. The van der Waals surface area contributed by atoms with Crippen molar-refractivity contribution in [2.75, 3.05) is 0 Å². The molecule has 0 saturated heterocycles. The molecule has 0 N–H and O–H groups in total. The Kier molecular flexibility index (Phi) is 4.53. The molecule has 23 heavy (non-hydrogen) atoms. The maximum absolute atomic E-state index is 4.39. The van der Waals surface area contributed by atoms with Gasteiger partial charge in [0.2, 0.25) is 0 Å². The van der Waals surface area contributed by atoms with E-state index in [4.69, 9.17) is 0 Å². The molecule has 3 nitrogen and oxygen atoms in total. The lowest BCUT2D eigenvalue weighted by Gasteiger charge is -2.07.